The molecule has 1 rings (SSSR count). The van der Waals surface area contributed by atoms with E-state index in [1.807, 2.05) is 13.8 Å². The van der Waals surface area contributed by atoms with Gasteiger partial charge in [0.25, 0.3) is 11.9 Å². The Morgan fingerprint density at radius 1 is 1.23 bits per heavy atom. The second kappa shape index (κ2) is 14.8. The average molecular weight is 374 g/mol. The number of aliphatic hydroxyl groups excluding tert-OH is 1. The fourth-order valence-electron chi connectivity index (χ4n) is 1.80. The molecule has 1 heterocycles. The Labute approximate surface area is 153 Å². The molecule has 6 N–H and O–H groups in total. The average Bonchev–Trinajstić information content (AvgIpc) is 2.97. The second-order valence-corrected chi connectivity index (χ2v) is 5.79. The molecule has 0 aliphatic carbocycles. The van der Waals surface area contributed by atoms with Gasteiger partial charge in [-0.25, -0.2) is 4.98 Å². The van der Waals surface area contributed by atoms with E-state index in [2.05, 4.69) is 9.97 Å². The first-order valence-corrected chi connectivity index (χ1v) is 8.03. The maximum absolute atomic E-state index is 12.1. The Balaban J connectivity index is 0. The largest absolute Gasteiger partial charge is 0.481 e. The van der Waals surface area contributed by atoms with Crippen molar-refractivity contribution in [2.75, 3.05) is 13.2 Å². The van der Waals surface area contributed by atoms with Crippen molar-refractivity contribution < 1.29 is 29.7 Å². The number of aliphatic hydroxyl groups is 1. The number of amides is 1. The van der Waals surface area contributed by atoms with Gasteiger partial charge in [-0.2, -0.15) is 0 Å². The van der Waals surface area contributed by atoms with Crippen LogP contribution in [0.2, 0.25) is 0 Å². The first-order chi connectivity index (χ1) is 12.0. The molecule has 150 valence electrons. The number of imidazole rings is 1. The first-order valence-electron chi connectivity index (χ1n) is 8.03. The number of nitrogens with zero attached hydrogens (tertiary/aromatic N) is 2. The summed E-state index contributed by atoms with van der Waals surface area (Å²) in [5.74, 6) is -0.758. The minimum atomic E-state index is -0.833. The molecule has 1 amide bonds. The summed E-state index contributed by atoms with van der Waals surface area (Å²) in [6.07, 6.45) is 3.97. The third-order valence-corrected chi connectivity index (χ3v) is 2.62. The van der Waals surface area contributed by atoms with E-state index in [0.29, 0.717) is 24.7 Å². The number of nitrogens with two attached hydrogens (primary N) is 1. The third-order valence-electron chi connectivity index (χ3n) is 2.62. The molecule has 0 saturated carbocycles. The minimum Gasteiger partial charge on any atom is -0.481 e. The van der Waals surface area contributed by atoms with Crippen molar-refractivity contribution in [3.8, 4) is 0 Å². The van der Waals surface area contributed by atoms with E-state index in [0.717, 1.165) is 13.8 Å². The number of carbonyl (C=O) groups excluding carboxylic acids is 1. The molecule has 1 aromatic rings. The van der Waals surface area contributed by atoms with Crippen LogP contribution in [-0.4, -0.2) is 67.2 Å². The van der Waals surface area contributed by atoms with Gasteiger partial charge in [0, 0.05) is 32.8 Å². The van der Waals surface area contributed by atoms with Crippen LogP contribution in [0.4, 0.5) is 0 Å². The zero-order chi connectivity index (χ0) is 20.7. The number of aromatic nitrogens is 2. The summed E-state index contributed by atoms with van der Waals surface area (Å²) in [5, 5.41) is 23.8. The minimum absolute atomic E-state index is 0.0825. The predicted octanol–water partition coefficient (Wildman–Crippen LogP) is 0.286. The predicted molar refractivity (Wildman–Crippen MR) is 95.1 cm³/mol. The first kappa shape index (κ1) is 25.8. The summed E-state index contributed by atoms with van der Waals surface area (Å²) in [6.45, 7) is 6.75. The highest BCUT2D eigenvalue weighted by atomic mass is 16.4. The van der Waals surface area contributed by atoms with Crippen molar-refractivity contribution in [2.45, 2.75) is 46.7 Å². The van der Waals surface area contributed by atoms with Crippen LogP contribution in [0.1, 0.15) is 39.9 Å². The maximum Gasteiger partial charge on any atom is 0.300 e. The fourth-order valence-corrected chi connectivity index (χ4v) is 1.80. The molecular formula is C16H30N4O6. The van der Waals surface area contributed by atoms with Crippen LogP contribution >= 0.6 is 0 Å². The number of carbonyl (C=O) groups is 3. The van der Waals surface area contributed by atoms with Crippen molar-refractivity contribution in [1.82, 2.24) is 14.9 Å². The van der Waals surface area contributed by atoms with Gasteiger partial charge in [0.05, 0.1) is 19.2 Å². The highest BCUT2D eigenvalue weighted by molar-refractivity contribution is 5.81. The molecule has 10 nitrogen and oxygen atoms in total. The number of carboxylic acid groups (broad SMARTS) is 2. The molecule has 0 aliphatic rings. The number of nitrogens with one attached hydrogen (secondary N) is 1. The molecule has 1 aromatic heterocycles. The van der Waals surface area contributed by atoms with Crippen LogP contribution in [0.5, 0.6) is 0 Å². The van der Waals surface area contributed by atoms with Gasteiger partial charge < -0.3 is 30.9 Å². The highest BCUT2D eigenvalue weighted by Crippen LogP contribution is 2.07. The molecule has 0 aromatic carbocycles. The van der Waals surface area contributed by atoms with Crippen molar-refractivity contribution in [2.24, 2.45) is 11.7 Å². The van der Waals surface area contributed by atoms with Crippen molar-refractivity contribution >= 4 is 17.8 Å². The standard InChI is InChI=1S/C12H22N4O2.2C2H4O2/c1-9(2)7-10(13)12(18)16(5-6-17)8-11-14-3-4-15-11;2*1-2(3)4/h3-4,9-10,17H,5-8,13H2,1-2H3,(H,14,15);2*1H3,(H,3,4)/t10-;;/m1../s1. The molecule has 0 unspecified atom stereocenters. The van der Waals surface area contributed by atoms with E-state index in [1.54, 1.807) is 12.4 Å². The number of hydrogen-bond donors (Lipinski definition) is 5. The summed E-state index contributed by atoms with van der Waals surface area (Å²) in [6, 6.07) is -0.522. The third kappa shape index (κ3) is 16.4. The molecule has 0 bridgehead atoms. The van der Waals surface area contributed by atoms with Crippen LogP contribution in [0.3, 0.4) is 0 Å². The summed E-state index contributed by atoms with van der Waals surface area (Å²) in [7, 11) is 0. The lowest BCUT2D eigenvalue weighted by atomic mass is 10.0. The van der Waals surface area contributed by atoms with E-state index in [-0.39, 0.29) is 19.1 Å². The topological polar surface area (TPSA) is 170 Å². The van der Waals surface area contributed by atoms with Crippen molar-refractivity contribution in [1.29, 1.82) is 0 Å². The zero-order valence-electron chi connectivity index (χ0n) is 15.7. The molecule has 0 radical (unpaired) electrons. The van der Waals surface area contributed by atoms with E-state index in [9.17, 15) is 4.79 Å². The number of hydrogen-bond acceptors (Lipinski definition) is 6. The van der Waals surface area contributed by atoms with Crippen LogP contribution in [0.25, 0.3) is 0 Å². The highest BCUT2D eigenvalue weighted by Gasteiger charge is 2.22. The fraction of sp³-hybridized carbons (Fsp3) is 0.625. The SMILES string of the molecule is CC(=O)O.CC(=O)O.CC(C)C[C@@H](N)C(=O)N(CCO)Cc1ncc[nH]1. The van der Waals surface area contributed by atoms with Gasteiger partial charge in [-0.1, -0.05) is 13.8 Å². The quantitative estimate of drug-likeness (QED) is 0.453. The Morgan fingerprint density at radius 3 is 2.08 bits per heavy atom. The van der Waals surface area contributed by atoms with E-state index in [4.69, 9.17) is 30.6 Å². The maximum atomic E-state index is 12.1. The molecule has 1 atom stereocenters. The molecule has 0 spiro atoms. The van der Waals surface area contributed by atoms with Crippen molar-refractivity contribution in [3.63, 3.8) is 0 Å². The summed E-state index contributed by atoms with van der Waals surface area (Å²) in [4.78, 5) is 38.7. The molecule has 26 heavy (non-hydrogen) atoms. The summed E-state index contributed by atoms with van der Waals surface area (Å²) >= 11 is 0. The Kier molecular flexibility index (Phi) is 14.7. The van der Waals surface area contributed by atoms with Gasteiger partial charge in [0.1, 0.15) is 5.82 Å². The molecule has 0 aliphatic heterocycles. The number of H-pyrrole nitrogens is 1. The van der Waals surface area contributed by atoms with Gasteiger partial charge in [-0.3, -0.25) is 14.4 Å². The lowest BCUT2D eigenvalue weighted by molar-refractivity contribution is -0.135. The smallest absolute Gasteiger partial charge is 0.300 e. The van der Waals surface area contributed by atoms with Crippen LogP contribution in [0.15, 0.2) is 12.4 Å². The lowest BCUT2D eigenvalue weighted by Gasteiger charge is -2.25. The molecule has 0 saturated heterocycles. The van der Waals surface area contributed by atoms with Crippen LogP contribution in [0, 0.1) is 5.92 Å². The van der Waals surface area contributed by atoms with Crippen LogP contribution in [-0.2, 0) is 20.9 Å². The van der Waals surface area contributed by atoms with Gasteiger partial charge >= 0.3 is 0 Å². The zero-order valence-corrected chi connectivity index (χ0v) is 15.7. The summed E-state index contributed by atoms with van der Waals surface area (Å²) < 4.78 is 0. The van der Waals surface area contributed by atoms with E-state index in [1.165, 1.54) is 4.90 Å². The Bertz CT molecular complexity index is 499. The number of rotatable bonds is 7. The van der Waals surface area contributed by atoms with Gasteiger partial charge in [-0.15, -0.1) is 0 Å². The van der Waals surface area contributed by atoms with E-state index >= 15 is 0 Å². The Morgan fingerprint density at radius 2 is 1.73 bits per heavy atom. The van der Waals surface area contributed by atoms with Gasteiger partial charge in [0.15, 0.2) is 0 Å². The van der Waals surface area contributed by atoms with Gasteiger partial charge in [0.2, 0.25) is 5.91 Å². The number of aliphatic carboxylic acids is 2. The van der Waals surface area contributed by atoms with Gasteiger partial charge in [-0.05, 0) is 12.3 Å². The second-order valence-electron chi connectivity index (χ2n) is 5.79. The number of carboxylic acids is 2. The van der Waals surface area contributed by atoms with Crippen molar-refractivity contribution in [3.05, 3.63) is 18.2 Å². The summed E-state index contributed by atoms with van der Waals surface area (Å²) in [5.41, 5.74) is 5.87. The number of aromatic amines is 1. The van der Waals surface area contributed by atoms with Crippen LogP contribution < -0.4 is 5.73 Å². The molecule has 10 heteroatoms. The molecular weight excluding hydrogens is 344 g/mol. The molecule has 0 fully saturated rings. The lowest BCUT2D eigenvalue weighted by Crippen LogP contribution is -2.45. The Hall–Kier alpha value is -2.46. The monoisotopic (exact) mass is 374 g/mol. The normalized spacial score (nSPS) is 10.7. The van der Waals surface area contributed by atoms with E-state index < -0.39 is 18.0 Å².